The van der Waals surface area contributed by atoms with Crippen molar-refractivity contribution in [2.75, 3.05) is 13.2 Å². The van der Waals surface area contributed by atoms with Crippen LogP contribution in [0.3, 0.4) is 0 Å². The number of benzene rings is 1. The van der Waals surface area contributed by atoms with Gasteiger partial charge in [-0.3, -0.25) is 0 Å². The van der Waals surface area contributed by atoms with E-state index >= 15 is 0 Å². The molecule has 0 spiro atoms. The number of hydrogen-bond donors (Lipinski definition) is 0. The van der Waals surface area contributed by atoms with Crippen LogP contribution in [0.25, 0.3) is 0 Å². The fourth-order valence-corrected chi connectivity index (χ4v) is 2.71. The minimum absolute atomic E-state index is 0.00463. The molecule has 0 saturated carbocycles. The van der Waals surface area contributed by atoms with Gasteiger partial charge in [0.2, 0.25) is 0 Å². The second kappa shape index (κ2) is 8.53. The standard InChI is InChI=1S/C20H33BO5/c1-13(2)24-16-9-17(25-14(3)4)19(18(10-16)26-15(5)6)21-22-11-20(7,8)12-23-21/h9-10,13-15H,11-12H2,1-8H3. The molecule has 1 aromatic rings. The van der Waals surface area contributed by atoms with Crippen LogP contribution in [0.4, 0.5) is 0 Å². The highest BCUT2D eigenvalue weighted by atomic mass is 16.6. The summed E-state index contributed by atoms with van der Waals surface area (Å²) in [5.74, 6) is 2.07. The van der Waals surface area contributed by atoms with Gasteiger partial charge in [0.1, 0.15) is 17.2 Å². The summed E-state index contributed by atoms with van der Waals surface area (Å²) >= 11 is 0. The molecule has 1 aliphatic heterocycles. The minimum atomic E-state index is -0.515. The van der Waals surface area contributed by atoms with Gasteiger partial charge in [0.15, 0.2) is 0 Å². The molecule has 26 heavy (non-hydrogen) atoms. The van der Waals surface area contributed by atoms with E-state index in [0.29, 0.717) is 30.5 Å². The Labute approximate surface area is 158 Å². The Bertz CT molecular complexity index is 557. The van der Waals surface area contributed by atoms with E-state index in [0.717, 1.165) is 5.46 Å². The van der Waals surface area contributed by atoms with Gasteiger partial charge in [0.05, 0.1) is 23.8 Å². The van der Waals surface area contributed by atoms with Crippen LogP contribution in [0.1, 0.15) is 55.4 Å². The van der Waals surface area contributed by atoms with E-state index < -0.39 is 7.12 Å². The number of hydrogen-bond acceptors (Lipinski definition) is 5. The van der Waals surface area contributed by atoms with E-state index in [2.05, 4.69) is 13.8 Å². The first-order valence-electron chi connectivity index (χ1n) is 9.48. The van der Waals surface area contributed by atoms with Gasteiger partial charge < -0.3 is 23.5 Å². The molecule has 6 heteroatoms. The van der Waals surface area contributed by atoms with Crippen molar-refractivity contribution in [2.24, 2.45) is 5.41 Å². The molecule has 0 unspecified atom stereocenters. The molecule has 1 aromatic carbocycles. The summed E-state index contributed by atoms with van der Waals surface area (Å²) in [6.45, 7) is 17.4. The Balaban J connectivity index is 2.46. The van der Waals surface area contributed by atoms with Crippen LogP contribution >= 0.6 is 0 Å². The average molecular weight is 364 g/mol. The highest BCUT2D eigenvalue weighted by Gasteiger charge is 2.38. The molecule has 1 saturated heterocycles. The monoisotopic (exact) mass is 364 g/mol. The van der Waals surface area contributed by atoms with Crippen molar-refractivity contribution in [2.45, 2.75) is 73.7 Å². The summed E-state index contributed by atoms with van der Waals surface area (Å²) in [7, 11) is -0.515. The quantitative estimate of drug-likeness (QED) is 0.689. The molecule has 146 valence electrons. The molecular formula is C20H33BO5. The second-order valence-electron chi connectivity index (χ2n) is 8.45. The Morgan fingerprint density at radius 3 is 1.62 bits per heavy atom. The van der Waals surface area contributed by atoms with E-state index in [1.807, 2.05) is 53.7 Å². The Kier molecular flexibility index (Phi) is 6.86. The van der Waals surface area contributed by atoms with Gasteiger partial charge in [0.25, 0.3) is 0 Å². The van der Waals surface area contributed by atoms with Gasteiger partial charge in [-0.2, -0.15) is 0 Å². The van der Waals surface area contributed by atoms with Crippen molar-refractivity contribution in [3.63, 3.8) is 0 Å². The van der Waals surface area contributed by atoms with E-state index in [4.69, 9.17) is 23.5 Å². The predicted octanol–water partition coefficient (Wildman–Crippen LogP) is 3.82. The van der Waals surface area contributed by atoms with Gasteiger partial charge in [-0.15, -0.1) is 0 Å². The lowest BCUT2D eigenvalue weighted by Gasteiger charge is -2.34. The highest BCUT2D eigenvalue weighted by molar-refractivity contribution is 6.63. The first kappa shape index (κ1) is 20.9. The molecule has 0 aromatic heterocycles. The molecule has 0 aliphatic carbocycles. The van der Waals surface area contributed by atoms with Crippen molar-refractivity contribution in [3.05, 3.63) is 12.1 Å². The Morgan fingerprint density at radius 1 is 0.808 bits per heavy atom. The first-order chi connectivity index (χ1) is 12.1. The summed E-state index contributed by atoms with van der Waals surface area (Å²) in [6.07, 6.45) is 0.0765. The molecule has 0 amide bonds. The van der Waals surface area contributed by atoms with Crippen LogP contribution in [-0.4, -0.2) is 38.6 Å². The molecular weight excluding hydrogens is 331 g/mol. The zero-order valence-corrected chi connectivity index (χ0v) is 17.4. The largest absolute Gasteiger partial charge is 0.501 e. The molecule has 1 heterocycles. The highest BCUT2D eigenvalue weighted by Crippen LogP contribution is 2.31. The third-order valence-corrected chi connectivity index (χ3v) is 3.66. The van der Waals surface area contributed by atoms with Crippen LogP contribution in [0, 0.1) is 5.41 Å². The molecule has 1 fully saturated rings. The summed E-state index contributed by atoms with van der Waals surface area (Å²) in [5.41, 5.74) is 0.786. The molecule has 0 bridgehead atoms. The fraction of sp³-hybridized carbons (Fsp3) is 0.700. The van der Waals surface area contributed by atoms with Crippen LogP contribution in [0.2, 0.25) is 0 Å². The molecule has 0 radical (unpaired) electrons. The third-order valence-electron chi connectivity index (χ3n) is 3.66. The Hall–Kier alpha value is -1.40. The maximum Gasteiger partial charge on any atom is 0.501 e. The van der Waals surface area contributed by atoms with E-state index in [9.17, 15) is 0 Å². The molecule has 0 atom stereocenters. The van der Waals surface area contributed by atoms with Crippen LogP contribution < -0.4 is 19.7 Å². The van der Waals surface area contributed by atoms with Crippen molar-refractivity contribution in [1.29, 1.82) is 0 Å². The third kappa shape index (κ3) is 5.81. The SMILES string of the molecule is CC(C)Oc1cc(OC(C)C)c(B2OCC(C)(C)CO2)c(OC(C)C)c1. The van der Waals surface area contributed by atoms with Gasteiger partial charge in [-0.05, 0) is 41.5 Å². The van der Waals surface area contributed by atoms with Crippen molar-refractivity contribution >= 4 is 12.6 Å². The van der Waals surface area contributed by atoms with E-state index in [-0.39, 0.29) is 23.7 Å². The molecule has 5 nitrogen and oxygen atoms in total. The normalized spacial score (nSPS) is 17.1. The average Bonchev–Trinajstić information content (AvgIpc) is 2.46. The van der Waals surface area contributed by atoms with Crippen LogP contribution in [0.15, 0.2) is 12.1 Å². The smallest absolute Gasteiger partial charge is 0.491 e. The summed E-state index contributed by atoms with van der Waals surface area (Å²) < 4.78 is 30.1. The lowest BCUT2D eigenvalue weighted by atomic mass is 9.74. The molecule has 2 rings (SSSR count). The molecule has 0 N–H and O–H groups in total. The summed E-state index contributed by atoms with van der Waals surface area (Å²) in [6, 6.07) is 3.80. The zero-order chi connectivity index (χ0) is 19.5. The number of ether oxygens (including phenoxy) is 3. The maximum atomic E-state index is 6.08. The lowest BCUT2D eigenvalue weighted by Crippen LogP contribution is -2.48. The zero-order valence-electron chi connectivity index (χ0n) is 17.4. The Morgan fingerprint density at radius 2 is 1.23 bits per heavy atom. The van der Waals surface area contributed by atoms with Gasteiger partial charge >= 0.3 is 7.12 Å². The summed E-state index contributed by atoms with van der Waals surface area (Å²) in [5, 5.41) is 0. The number of rotatable bonds is 7. The van der Waals surface area contributed by atoms with Crippen LogP contribution in [-0.2, 0) is 9.31 Å². The second-order valence-corrected chi connectivity index (χ2v) is 8.45. The maximum absolute atomic E-state index is 6.08. The lowest BCUT2D eigenvalue weighted by molar-refractivity contribution is 0.0336. The summed E-state index contributed by atoms with van der Waals surface area (Å²) in [4.78, 5) is 0. The van der Waals surface area contributed by atoms with Gasteiger partial charge in [-0.25, -0.2) is 0 Å². The van der Waals surface area contributed by atoms with Crippen molar-refractivity contribution in [3.8, 4) is 17.2 Å². The van der Waals surface area contributed by atoms with Crippen molar-refractivity contribution in [1.82, 2.24) is 0 Å². The van der Waals surface area contributed by atoms with Gasteiger partial charge in [-0.1, -0.05) is 13.8 Å². The fourth-order valence-electron chi connectivity index (χ4n) is 2.71. The first-order valence-corrected chi connectivity index (χ1v) is 9.48. The van der Waals surface area contributed by atoms with E-state index in [1.54, 1.807) is 0 Å². The van der Waals surface area contributed by atoms with E-state index in [1.165, 1.54) is 0 Å². The van der Waals surface area contributed by atoms with Crippen LogP contribution in [0.5, 0.6) is 17.2 Å². The minimum Gasteiger partial charge on any atom is -0.491 e. The topological polar surface area (TPSA) is 46.2 Å². The van der Waals surface area contributed by atoms with Gasteiger partial charge in [0, 0.05) is 30.8 Å². The molecule has 1 aliphatic rings. The predicted molar refractivity (Wildman–Crippen MR) is 105 cm³/mol. The van der Waals surface area contributed by atoms with Crippen molar-refractivity contribution < 1.29 is 23.5 Å².